The third-order valence-corrected chi connectivity index (χ3v) is 4.77. The summed E-state index contributed by atoms with van der Waals surface area (Å²) in [6, 6.07) is 12.4. The average Bonchev–Trinajstić information content (AvgIpc) is 2.71. The summed E-state index contributed by atoms with van der Waals surface area (Å²) < 4.78 is 5.93. The maximum Gasteiger partial charge on any atom is 0.326 e. The van der Waals surface area contributed by atoms with Gasteiger partial charge in [-0.1, -0.05) is 41.9 Å². The third kappa shape index (κ3) is 6.45. The van der Waals surface area contributed by atoms with Crippen LogP contribution in [-0.2, 0) is 9.59 Å². The van der Waals surface area contributed by atoms with Gasteiger partial charge >= 0.3 is 5.97 Å². The summed E-state index contributed by atoms with van der Waals surface area (Å²) in [6.45, 7) is 3.37. The highest BCUT2D eigenvalue weighted by atomic mass is 79.9. The minimum absolute atomic E-state index is 0.0695. The first-order valence-corrected chi connectivity index (χ1v) is 9.97. The maximum absolute atomic E-state index is 12.8. The van der Waals surface area contributed by atoms with E-state index in [1.807, 2.05) is 0 Å². The molecule has 0 bridgehead atoms. The first-order valence-electron chi connectivity index (χ1n) is 9.17. The molecule has 0 unspecified atom stereocenters. The molecule has 0 aliphatic heterocycles. The van der Waals surface area contributed by atoms with Crippen LogP contribution in [0.25, 0.3) is 6.08 Å². The van der Waals surface area contributed by atoms with E-state index in [-0.39, 0.29) is 11.6 Å². The molecule has 3 N–H and O–H groups in total. The molecule has 0 spiro atoms. The molecule has 2 amide bonds. The van der Waals surface area contributed by atoms with Gasteiger partial charge in [-0.2, -0.15) is 0 Å². The van der Waals surface area contributed by atoms with Gasteiger partial charge in [0.15, 0.2) is 0 Å². The van der Waals surface area contributed by atoms with Crippen molar-refractivity contribution in [2.45, 2.75) is 19.9 Å². The van der Waals surface area contributed by atoms with Gasteiger partial charge in [0.1, 0.15) is 17.5 Å². The standard InChI is InChI=1S/C22H23BrN2O5/c1-13(2)19(22(28)29)25-21(27)18(12-14-4-10-17(30-3)11-5-14)24-20(26)15-6-8-16(23)9-7-15/h4-13,19H,1-3H3,(H,24,26)(H,25,27)(H,28,29)/b18-12-/t19-/m0/s1. The number of carboxylic acid groups (broad SMARTS) is 1. The molecule has 0 aromatic heterocycles. The van der Waals surface area contributed by atoms with Crippen LogP contribution in [0.1, 0.15) is 29.8 Å². The lowest BCUT2D eigenvalue weighted by molar-refractivity contribution is -0.142. The summed E-state index contributed by atoms with van der Waals surface area (Å²) >= 11 is 3.31. The van der Waals surface area contributed by atoms with Gasteiger partial charge in [0, 0.05) is 10.0 Å². The first kappa shape index (κ1) is 23.2. The van der Waals surface area contributed by atoms with Crippen molar-refractivity contribution in [3.8, 4) is 5.75 Å². The van der Waals surface area contributed by atoms with Crippen molar-refractivity contribution in [1.29, 1.82) is 0 Å². The molecule has 0 aliphatic carbocycles. The van der Waals surface area contributed by atoms with Crippen LogP contribution in [0, 0.1) is 5.92 Å². The zero-order valence-electron chi connectivity index (χ0n) is 16.8. The normalized spacial score (nSPS) is 12.2. The Morgan fingerprint density at radius 3 is 2.13 bits per heavy atom. The number of hydrogen-bond donors (Lipinski definition) is 3. The second kappa shape index (κ2) is 10.6. The number of rotatable bonds is 8. The Balaban J connectivity index is 2.33. The number of amides is 2. The monoisotopic (exact) mass is 474 g/mol. The highest BCUT2D eigenvalue weighted by Crippen LogP contribution is 2.15. The molecule has 30 heavy (non-hydrogen) atoms. The number of carbonyl (C=O) groups is 3. The molecule has 0 fully saturated rings. The number of benzene rings is 2. The second-order valence-corrected chi connectivity index (χ2v) is 7.74. The molecule has 2 rings (SSSR count). The quantitative estimate of drug-likeness (QED) is 0.508. The number of ether oxygens (including phenoxy) is 1. The summed E-state index contributed by atoms with van der Waals surface area (Å²) in [5.74, 6) is -2.04. The van der Waals surface area contributed by atoms with Crippen molar-refractivity contribution in [2.24, 2.45) is 5.92 Å². The van der Waals surface area contributed by atoms with Crippen molar-refractivity contribution in [3.63, 3.8) is 0 Å². The van der Waals surface area contributed by atoms with Crippen molar-refractivity contribution >= 4 is 39.8 Å². The van der Waals surface area contributed by atoms with E-state index in [0.29, 0.717) is 16.9 Å². The molecule has 1 atom stereocenters. The molecule has 158 valence electrons. The van der Waals surface area contributed by atoms with Crippen molar-refractivity contribution in [2.75, 3.05) is 7.11 Å². The Bertz CT molecular complexity index is 937. The van der Waals surface area contributed by atoms with Gasteiger partial charge in [0.2, 0.25) is 0 Å². The van der Waals surface area contributed by atoms with Crippen LogP contribution in [0.4, 0.5) is 0 Å². The smallest absolute Gasteiger partial charge is 0.326 e. The van der Waals surface area contributed by atoms with Gasteiger partial charge in [0.25, 0.3) is 11.8 Å². The van der Waals surface area contributed by atoms with Gasteiger partial charge < -0.3 is 20.5 Å². The van der Waals surface area contributed by atoms with E-state index >= 15 is 0 Å². The van der Waals surface area contributed by atoms with Gasteiger partial charge in [-0.05, 0) is 54.0 Å². The lowest BCUT2D eigenvalue weighted by Crippen LogP contribution is -2.47. The van der Waals surface area contributed by atoms with Crippen molar-refractivity contribution in [1.82, 2.24) is 10.6 Å². The zero-order valence-corrected chi connectivity index (χ0v) is 18.4. The highest BCUT2D eigenvalue weighted by Gasteiger charge is 2.25. The number of halogens is 1. The fourth-order valence-corrected chi connectivity index (χ4v) is 2.82. The van der Waals surface area contributed by atoms with Crippen LogP contribution < -0.4 is 15.4 Å². The summed E-state index contributed by atoms with van der Waals surface area (Å²) in [5.41, 5.74) is 0.915. The largest absolute Gasteiger partial charge is 0.497 e. The molecule has 2 aromatic rings. The van der Waals surface area contributed by atoms with Crippen molar-refractivity contribution < 1.29 is 24.2 Å². The minimum Gasteiger partial charge on any atom is -0.497 e. The Morgan fingerprint density at radius 1 is 1.03 bits per heavy atom. The highest BCUT2D eigenvalue weighted by molar-refractivity contribution is 9.10. The predicted octanol–water partition coefficient (Wildman–Crippen LogP) is 3.45. The fraction of sp³-hybridized carbons (Fsp3) is 0.227. The van der Waals surface area contributed by atoms with Crippen LogP contribution in [0.5, 0.6) is 5.75 Å². The van der Waals surface area contributed by atoms with E-state index in [4.69, 9.17) is 4.74 Å². The number of aliphatic carboxylic acids is 1. The summed E-state index contributed by atoms with van der Waals surface area (Å²) in [4.78, 5) is 36.9. The molecule has 0 saturated carbocycles. The molecular weight excluding hydrogens is 452 g/mol. The Kier molecular flexibility index (Phi) is 8.17. The molecule has 0 radical (unpaired) electrons. The zero-order chi connectivity index (χ0) is 22.3. The van der Waals surface area contributed by atoms with Crippen LogP contribution in [0.15, 0.2) is 58.7 Å². The van der Waals surface area contributed by atoms with E-state index < -0.39 is 23.8 Å². The lowest BCUT2D eigenvalue weighted by Gasteiger charge is -2.19. The van der Waals surface area contributed by atoms with Crippen LogP contribution in [0.2, 0.25) is 0 Å². The van der Waals surface area contributed by atoms with E-state index in [1.165, 1.54) is 6.08 Å². The van der Waals surface area contributed by atoms with Crippen LogP contribution >= 0.6 is 15.9 Å². The van der Waals surface area contributed by atoms with Gasteiger partial charge in [-0.3, -0.25) is 9.59 Å². The van der Waals surface area contributed by atoms with Crippen LogP contribution in [0.3, 0.4) is 0 Å². The average molecular weight is 475 g/mol. The fourth-order valence-electron chi connectivity index (χ4n) is 2.55. The summed E-state index contributed by atoms with van der Waals surface area (Å²) in [7, 11) is 1.54. The van der Waals surface area contributed by atoms with E-state index in [9.17, 15) is 19.5 Å². The maximum atomic E-state index is 12.8. The third-order valence-electron chi connectivity index (χ3n) is 4.25. The minimum atomic E-state index is -1.15. The van der Waals surface area contributed by atoms with E-state index in [0.717, 1.165) is 4.47 Å². The second-order valence-electron chi connectivity index (χ2n) is 6.83. The number of carbonyl (C=O) groups excluding carboxylic acids is 2. The summed E-state index contributed by atoms with van der Waals surface area (Å²) in [6.07, 6.45) is 1.48. The molecule has 0 aliphatic rings. The van der Waals surface area contributed by atoms with Gasteiger partial charge in [0.05, 0.1) is 7.11 Å². The molecule has 8 heteroatoms. The van der Waals surface area contributed by atoms with E-state index in [2.05, 4.69) is 26.6 Å². The molecule has 0 saturated heterocycles. The summed E-state index contributed by atoms with van der Waals surface area (Å²) in [5, 5.41) is 14.4. The number of hydrogen-bond acceptors (Lipinski definition) is 4. The Morgan fingerprint density at radius 2 is 1.63 bits per heavy atom. The van der Waals surface area contributed by atoms with Crippen molar-refractivity contribution in [3.05, 3.63) is 69.8 Å². The molecule has 7 nitrogen and oxygen atoms in total. The molecule has 0 heterocycles. The lowest BCUT2D eigenvalue weighted by atomic mass is 10.0. The van der Waals surface area contributed by atoms with Crippen LogP contribution in [-0.4, -0.2) is 36.0 Å². The van der Waals surface area contributed by atoms with Gasteiger partial charge in [-0.25, -0.2) is 4.79 Å². The van der Waals surface area contributed by atoms with E-state index in [1.54, 1.807) is 69.5 Å². The predicted molar refractivity (Wildman–Crippen MR) is 117 cm³/mol. The number of methoxy groups -OCH3 is 1. The topological polar surface area (TPSA) is 105 Å². The Labute approximate surface area is 183 Å². The number of nitrogens with one attached hydrogen (secondary N) is 2. The van der Waals surface area contributed by atoms with Gasteiger partial charge in [-0.15, -0.1) is 0 Å². The molecule has 2 aromatic carbocycles. The first-order chi connectivity index (χ1) is 14.2. The molecular formula is C22H23BrN2O5. The Hall–Kier alpha value is -3.13. The SMILES string of the molecule is COc1ccc(/C=C(\NC(=O)c2ccc(Br)cc2)C(=O)N[C@H](C(=O)O)C(C)C)cc1. The number of carboxylic acids is 1.